The molecular formula is C23H40. The molecule has 0 amide bonds. The lowest BCUT2D eigenvalue weighted by Gasteiger charge is -2.41. The minimum absolute atomic E-state index is 0.689. The topological polar surface area (TPSA) is 0 Å². The summed E-state index contributed by atoms with van der Waals surface area (Å²) < 4.78 is 0. The molecule has 0 heteroatoms. The van der Waals surface area contributed by atoms with Gasteiger partial charge in [0, 0.05) is 0 Å². The predicted octanol–water partition coefficient (Wildman–Crippen LogP) is 7.37. The van der Waals surface area contributed by atoms with E-state index in [0.717, 1.165) is 28.1 Å². The van der Waals surface area contributed by atoms with E-state index in [-0.39, 0.29) is 0 Å². The van der Waals surface area contributed by atoms with Crippen LogP contribution in [0.15, 0.2) is 0 Å². The standard InChI is InChI=1S/C12H22.C11H18/c1-4-11(3)7-10(2)8-12(9-11)5-6-12;1-9-6-10(2-3-10)8-11(7-9)4-5-11/h10H,4-9H2,1-3H3;9H,2-8H2,1H3. The molecule has 2 unspecified atom stereocenters. The van der Waals surface area contributed by atoms with Crippen molar-refractivity contribution in [3.63, 3.8) is 0 Å². The average Bonchev–Trinajstić information content (AvgIpc) is 3.38. The minimum atomic E-state index is 0.689. The Morgan fingerprint density at radius 3 is 1.43 bits per heavy atom. The lowest BCUT2D eigenvalue weighted by Crippen LogP contribution is -2.30. The molecule has 0 aromatic carbocycles. The summed E-state index contributed by atoms with van der Waals surface area (Å²) in [6, 6.07) is 0. The summed E-state index contributed by atoms with van der Waals surface area (Å²) in [5.74, 6) is 2.04. The van der Waals surface area contributed by atoms with Crippen molar-refractivity contribution in [1.29, 1.82) is 0 Å². The quantitative estimate of drug-likeness (QED) is 0.473. The van der Waals surface area contributed by atoms with Gasteiger partial charge in [-0.2, -0.15) is 0 Å². The predicted molar refractivity (Wildman–Crippen MR) is 99.4 cm³/mol. The van der Waals surface area contributed by atoms with Gasteiger partial charge in [-0.15, -0.1) is 0 Å². The first kappa shape index (κ1) is 16.5. The monoisotopic (exact) mass is 316 g/mol. The van der Waals surface area contributed by atoms with E-state index in [1.807, 2.05) is 0 Å². The minimum Gasteiger partial charge on any atom is -0.0649 e. The van der Waals surface area contributed by atoms with Crippen LogP contribution in [0, 0.1) is 33.5 Å². The molecule has 5 saturated carbocycles. The summed E-state index contributed by atoms with van der Waals surface area (Å²) >= 11 is 0. The molecule has 0 bridgehead atoms. The molecule has 3 spiro atoms. The highest BCUT2D eigenvalue weighted by Crippen LogP contribution is 2.69. The second-order valence-electron chi connectivity index (χ2n) is 11.5. The summed E-state index contributed by atoms with van der Waals surface area (Å²) in [5, 5.41) is 0. The highest BCUT2D eigenvalue weighted by Gasteiger charge is 2.57. The van der Waals surface area contributed by atoms with Crippen LogP contribution in [0.3, 0.4) is 0 Å². The van der Waals surface area contributed by atoms with Gasteiger partial charge in [0.05, 0.1) is 0 Å². The molecule has 5 rings (SSSR count). The maximum absolute atomic E-state index is 2.50. The Morgan fingerprint density at radius 1 is 0.652 bits per heavy atom. The van der Waals surface area contributed by atoms with Gasteiger partial charge in [0.2, 0.25) is 0 Å². The van der Waals surface area contributed by atoms with Gasteiger partial charge in [-0.05, 0) is 111 Å². The molecule has 0 aliphatic heterocycles. The Bertz CT molecular complexity index is 429. The van der Waals surface area contributed by atoms with Crippen molar-refractivity contribution in [2.24, 2.45) is 33.5 Å². The van der Waals surface area contributed by atoms with E-state index in [1.165, 1.54) is 38.5 Å². The largest absolute Gasteiger partial charge is 0.0649 e. The van der Waals surface area contributed by atoms with Crippen LogP contribution in [0.25, 0.3) is 0 Å². The van der Waals surface area contributed by atoms with Crippen molar-refractivity contribution in [3.8, 4) is 0 Å². The van der Waals surface area contributed by atoms with Crippen molar-refractivity contribution in [2.45, 2.75) is 111 Å². The first-order valence-electron chi connectivity index (χ1n) is 10.8. The third-order valence-corrected chi connectivity index (χ3v) is 8.46. The zero-order chi connectivity index (χ0) is 16.3. The fourth-order valence-corrected chi connectivity index (χ4v) is 7.14. The molecule has 23 heavy (non-hydrogen) atoms. The molecule has 0 radical (unpaired) electrons. The zero-order valence-corrected chi connectivity index (χ0v) is 16.3. The molecular weight excluding hydrogens is 276 g/mol. The molecule has 0 heterocycles. The summed E-state index contributed by atoms with van der Waals surface area (Å²) in [5.41, 5.74) is 3.32. The van der Waals surface area contributed by atoms with Gasteiger partial charge in [0.25, 0.3) is 0 Å². The zero-order valence-electron chi connectivity index (χ0n) is 16.3. The SMILES string of the molecule is CC1CC2(CC2)CC2(CC2)C1.CCC1(C)CC(C)CC2(CC2)C1. The van der Waals surface area contributed by atoms with Crippen LogP contribution in [0.1, 0.15) is 111 Å². The van der Waals surface area contributed by atoms with Gasteiger partial charge in [-0.25, -0.2) is 0 Å². The van der Waals surface area contributed by atoms with Crippen LogP contribution in [-0.4, -0.2) is 0 Å². The van der Waals surface area contributed by atoms with E-state index >= 15 is 0 Å². The third-order valence-electron chi connectivity index (χ3n) is 8.46. The Hall–Kier alpha value is 0. The van der Waals surface area contributed by atoms with Crippen LogP contribution < -0.4 is 0 Å². The van der Waals surface area contributed by atoms with E-state index in [2.05, 4.69) is 27.7 Å². The van der Waals surface area contributed by atoms with Gasteiger partial charge >= 0.3 is 0 Å². The van der Waals surface area contributed by atoms with Gasteiger partial charge in [0.15, 0.2) is 0 Å². The van der Waals surface area contributed by atoms with Crippen LogP contribution in [-0.2, 0) is 0 Å². The highest BCUT2D eigenvalue weighted by molar-refractivity contribution is 5.08. The Kier molecular flexibility index (Phi) is 3.76. The summed E-state index contributed by atoms with van der Waals surface area (Å²) in [7, 11) is 0. The highest BCUT2D eigenvalue weighted by atomic mass is 14.6. The van der Waals surface area contributed by atoms with Crippen LogP contribution in [0.5, 0.6) is 0 Å². The Labute approximate surface area is 145 Å². The summed E-state index contributed by atoms with van der Waals surface area (Å²) in [6.45, 7) is 9.79. The average molecular weight is 317 g/mol. The smallest absolute Gasteiger partial charge is 0.0289 e. The van der Waals surface area contributed by atoms with Gasteiger partial charge in [-0.1, -0.05) is 34.1 Å². The fourth-order valence-electron chi connectivity index (χ4n) is 7.14. The maximum Gasteiger partial charge on any atom is -0.0289 e. The molecule has 5 aliphatic rings. The van der Waals surface area contributed by atoms with Gasteiger partial charge in [-0.3, -0.25) is 0 Å². The number of rotatable bonds is 1. The van der Waals surface area contributed by atoms with Crippen LogP contribution in [0.2, 0.25) is 0 Å². The van der Waals surface area contributed by atoms with E-state index < -0.39 is 0 Å². The van der Waals surface area contributed by atoms with Crippen molar-refractivity contribution < 1.29 is 0 Å². The lowest BCUT2D eigenvalue weighted by atomic mass is 9.64. The number of hydrogen-bond acceptors (Lipinski definition) is 0. The third kappa shape index (κ3) is 3.52. The second-order valence-corrected chi connectivity index (χ2v) is 11.5. The first-order chi connectivity index (χ1) is 10.8. The first-order valence-corrected chi connectivity index (χ1v) is 10.8. The summed E-state index contributed by atoms with van der Waals surface area (Å²) in [6.07, 6.45) is 20.0. The Morgan fingerprint density at radius 2 is 1.04 bits per heavy atom. The molecule has 0 aromatic rings. The molecule has 0 nitrogen and oxygen atoms in total. The molecule has 132 valence electrons. The molecule has 2 atom stereocenters. The fraction of sp³-hybridized carbons (Fsp3) is 1.00. The van der Waals surface area contributed by atoms with E-state index in [0.29, 0.717) is 5.41 Å². The lowest BCUT2D eigenvalue weighted by molar-refractivity contribution is 0.0970. The Balaban J connectivity index is 0.000000118. The van der Waals surface area contributed by atoms with E-state index in [9.17, 15) is 0 Å². The normalized spacial score (nSPS) is 43.8. The van der Waals surface area contributed by atoms with Gasteiger partial charge < -0.3 is 0 Å². The second kappa shape index (κ2) is 5.25. The maximum atomic E-state index is 2.50. The number of hydrogen-bond donors (Lipinski definition) is 0. The summed E-state index contributed by atoms with van der Waals surface area (Å²) in [4.78, 5) is 0. The molecule has 0 N–H and O–H groups in total. The van der Waals surface area contributed by atoms with Gasteiger partial charge in [0.1, 0.15) is 0 Å². The van der Waals surface area contributed by atoms with E-state index in [1.54, 1.807) is 44.9 Å². The van der Waals surface area contributed by atoms with Crippen molar-refractivity contribution in [1.82, 2.24) is 0 Å². The van der Waals surface area contributed by atoms with Crippen molar-refractivity contribution >= 4 is 0 Å². The van der Waals surface area contributed by atoms with E-state index in [4.69, 9.17) is 0 Å². The molecule has 0 aromatic heterocycles. The van der Waals surface area contributed by atoms with Crippen molar-refractivity contribution in [3.05, 3.63) is 0 Å². The molecule has 5 fully saturated rings. The van der Waals surface area contributed by atoms with Crippen LogP contribution >= 0.6 is 0 Å². The van der Waals surface area contributed by atoms with Crippen molar-refractivity contribution in [2.75, 3.05) is 0 Å². The molecule has 0 saturated heterocycles. The van der Waals surface area contributed by atoms with Crippen LogP contribution in [0.4, 0.5) is 0 Å². The molecule has 5 aliphatic carbocycles.